The van der Waals surface area contributed by atoms with E-state index in [1.165, 1.54) is 0 Å². The molecular weight excluding hydrogens is 392 g/mol. The highest BCUT2D eigenvalue weighted by molar-refractivity contribution is 6.30. The van der Waals surface area contributed by atoms with Gasteiger partial charge in [0.1, 0.15) is 17.8 Å². The quantitative estimate of drug-likeness (QED) is 0.507. The number of nitrogens with one attached hydrogen (secondary N) is 2. The van der Waals surface area contributed by atoms with Crippen molar-refractivity contribution < 1.29 is 9.53 Å². The topological polar surface area (TPSA) is 97.7 Å². The second kappa shape index (κ2) is 8.15. The Morgan fingerprint density at radius 2 is 2.07 bits per heavy atom. The van der Waals surface area contributed by atoms with Crippen molar-refractivity contribution in [2.45, 2.75) is 6.54 Å². The number of hydrogen-bond donors (Lipinski definition) is 2. The lowest BCUT2D eigenvalue weighted by molar-refractivity contribution is 0.102. The summed E-state index contributed by atoms with van der Waals surface area (Å²) in [7, 11) is 1.60. The molecule has 29 heavy (non-hydrogen) atoms. The maximum atomic E-state index is 12.5. The molecule has 0 radical (unpaired) electrons. The molecular formula is C20H17ClN6O2. The van der Waals surface area contributed by atoms with E-state index in [-0.39, 0.29) is 11.9 Å². The highest BCUT2D eigenvalue weighted by atomic mass is 35.5. The maximum Gasteiger partial charge on any atom is 0.276 e. The van der Waals surface area contributed by atoms with Gasteiger partial charge in [-0.15, -0.1) is 5.10 Å². The van der Waals surface area contributed by atoms with Crippen molar-refractivity contribution in [2.75, 3.05) is 12.4 Å². The van der Waals surface area contributed by atoms with E-state index in [2.05, 4.69) is 25.6 Å². The summed E-state index contributed by atoms with van der Waals surface area (Å²) in [5, 5.41) is 14.5. The fourth-order valence-electron chi connectivity index (χ4n) is 2.79. The van der Waals surface area contributed by atoms with Gasteiger partial charge >= 0.3 is 0 Å². The number of aromatic amines is 1. The Labute approximate surface area is 171 Å². The number of nitrogens with zero attached hydrogens (tertiary/aromatic N) is 4. The smallest absolute Gasteiger partial charge is 0.276 e. The molecule has 2 N–H and O–H groups in total. The summed E-state index contributed by atoms with van der Waals surface area (Å²) in [6.45, 7) is 0.494. The predicted molar refractivity (Wildman–Crippen MR) is 109 cm³/mol. The van der Waals surface area contributed by atoms with Crippen LogP contribution in [-0.4, -0.2) is 38.0 Å². The zero-order chi connectivity index (χ0) is 20.2. The molecule has 2 aromatic heterocycles. The monoisotopic (exact) mass is 408 g/mol. The molecule has 2 heterocycles. The minimum absolute atomic E-state index is 0.203. The van der Waals surface area contributed by atoms with Crippen LogP contribution in [0.1, 0.15) is 16.1 Å². The van der Waals surface area contributed by atoms with Crippen LogP contribution in [0.15, 0.2) is 60.9 Å². The highest BCUT2D eigenvalue weighted by Crippen LogP contribution is 2.22. The van der Waals surface area contributed by atoms with Crippen LogP contribution in [0.4, 0.5) is 5.95 Å². The van der Waals surface area contributed by atoms with Gasteiger partial charge in [-0.25, -0.2) is 9.67 Å². The number of benzene rings is 2. The lowest BCUT2D eigenvalue weighted by Gasteiger charge is -2.01. The van der Waals surface area contributed by atoms with Crippen molar-refractivity contribution in [3.05, 3.63) is 77.2 Å². The van der Waals surface area contributed by atoms with Crippen LogP contribution in [0, 0.1) is 0 Å². The zero-order valence-corrected chi connectivity index (χ0v) is 16.2. The number of H-pyrrole nitrogens is 1. The largest absolute Gasteiger partial charge is 0.497 e. The Hall–Kier alpha value is -3.65. The van der Waals surface area contributed by atoms with Gasteiger partial charge in [0.05, 0.1) is 19.3 Å². The number of aromatic nitrogens is 5. The van der Waals surface area contributed by atoms with E-state index < -0.39 is 0 Å². The van der Waals surface area contributed by atoms with Gasteiger partial charge in [0, 0.05) is 10.6 Å². The lowest BCUT2D eigenvalue weighted by Crippen LogP contribution is -2.14. The molecule has 9 heteroatoms. The molecule has 4 aromatic rings. The summed E-state index contributed by atoms with van der Waals surface area (Å²) in [5.74, 6) is 0.535. The maximum absolute atomic E-state index is 12.5. The molecule has 0 fully saturated rings. The van der Waals surface area contributed by atoms with Crippen LogP contribution in [0.25, 0.3) is 11.3 Å². The van der Waals surface area contributed by atoms with Crippen LogP contribution in [0.2, 0.25) is 5.02 Å². The first kappa shape index (κ1) is 18.7. The van der Waals surface area contributed by atoms with Crippen molar-refractivity contribution in [2.24, 2.45) is 0 Å². The van der Waals surface area contributed by atoms with Crippen molar-refractivity contribution in [1.82, 2.24) is 25.0 Å². The number of carbonyl (C=O) groups excluding carboxylic acids is 1. The fraction of sp³-hybridized carbons (Fsp3) is 0.100. The van der Waals surface area contributed by atoms with Crippen molar-refractivity contribution in [1.29, 1.82) is 0 Å². The summed E-state index contributed by atoms with van der Waals surface area (Å²) in [5.41, 5.74) is 2.75. The van der Waals surface area contributed by atoms with E-state index in [1.54, 1.807) is 24.2 Å². The van der Waals surface area contributed by atoms with Gasteiger partial charge in [0.15, 0.2) is 0 Å². The minimum Gasteiger partial charge on any atom is -0.497 e. The number of rotatable bonds is 6. The van der Waals surface area contributed by atoms with Crippen LogP contribution in [0.5, 0.6) is 5.75 Å². The first-order valence-electron chi connectivity index (χ1n) is 8.76. The van der Waals surface area contributed by atoms with Crippen LogP contribution < -0.4 is 10.1 Å². The number of ether oxygens (including phenoxy) is 1. The van der Waals surface area contributed by atoms with E-state index in [4.69, 9.17) is 16.3 Å². The number of hydrogen-bond acceptors (Lipinski definition) is 5. The van der Waals surface area contributed by atoms with Gasteiger partial charge in [-0.05, 0) is 35.9 Å². The molecule has 146 valence electrons. The van der Waals surface area contributed by atoms with E-state index in [0.29, 0.717) is 28.7 Å². The summed E-state index contributed by atoms with van der Waals surface area (Å²) in [6.07, 6.45) is 1.55. The lowest BCUT2D eigenvalue weighted by atomic mass is 10.1. The third kappa shape index (κ3) is 4.44. The Morgan fingerprint density at radius 3 is 2.90 bits per heavy atom. The van der Waals surface area contributed by atoms with Crippen LogP contribution in [0.3, 0.4) is 0 Å². The molecule has 0 saturated heterocycles. The number of amides is 1. The normalized spacial score (nSPS) is 10.7. The average Bonchev–Trinajstić information content (AvgIpc) is 3.38. The van der Waals surface area contributed by atoms with Crippen molar-refractivity contribution >= 4 is 23.5 Å². The molecule has 0 aliphatic carbocycles. The molecule has 0 aliphatic heterocycles. The molecule has 0 unspecified atom stereocenters. The standard InChI is InChI=1S/C20H17ClN6O2/c1-29-16-7-3-5-14(9-16)17-10-18(25-24-17)19(28)23-20-22-12-27(26-20)11-13-4-2-6-15(21)8-13/h2-10,12H,11H2,1H3,(H,24,25)(H,23,26,28). The van der Waals surface area contributed by atoms with Gasteiger partial charge in [-0.2, -0.15) is 5.10 Å². The Morgan fingerprint density at radius 1 is 1.21 bits per heavy atom. The molecule has 0 atom stereocenters. The van der Waals surface area contributed by atoms with Gasteiger partial charge < -0.3 is 4.74 Å². The Kier molecular flexibility index (Phi) is 5.26. The minimum atomic E-state index is -0.382. The summed E-state index contributed by atoms with van der Waals surface area (Å²) in [4.78, 5) is 16.6. The second-order valence-electron chi connectivity index (χ2n) is 6.25. The molecule has 0 bridgehead atoms. The molecule has 8 nitrogen and oxygen atoms in total. The number of carbonyl (C=O) groups is 1. The molecule has 1 amide bonds. The highest BCUT2D eigenvalue weighted by Gasteiger charge is 2.14. The third-order valence-corrected chi connectivity index (χ3v) is 4.42. The number of halogens is 1. The molecule has 2 aromatic carbocycles. The molecule has 0 aliphatic rings. The van der Waals surface area contributed by atoms with Gasteiger partial charge in [0.2, 0.25) is 5.95 Å². The summed E-state index contributed by atoms with van der Waals surface area (Å²) in [6, 6.07) is 16.6. The van der Waals surface area contributed by atoms with E-state index in [0.717, 1.165) is 11.1 Å². The summed E-state index contributed by atoms with van der Waals surface area (Å²) >= 11 is 6.00. The second-order valence-corrected chi connectivity index (χ2v) is 6.69. The fourth-order valence-corrected chi connectivity index (χ4v) is 3.00. The van der Waals surface area contributed by atoms with E-state index in [9.17, 15) is 4.79 Å². The third-order valence-electron chi connectivity index (χ3n) is 4.18. The van der Waals surface area contributed by atoms with Crippen molar-refractivity contribution in [3.8, 4) is 17.0 Å². The molecule has 0 saturated carbocycles. The number of methoxy groups -OCH3 is 1. The van der Waals surface area contributed by atoms with E-state index >= 15 is 0 Å². The van der Waals surface area contributed by atoms with Crippen molar-refractivity contribution in [3.63, 3.8) is 0 Å². The Bertz CT molecular complexity index is 1150. The van der Waals surface area contributed by atoms with Crippen LogP contribution >= 0.6 is 11.6 Å². The SMILES string of the molecule is COc1cccc(-c2cc(C(=O)Nc3ncn(Cc4cccc(Cl)c4)n3)[nH]n2)c1. The van der Waals surface area contributed by atoms with Gasteiger partial charge in [0.25, 0.3) is 5.91 Å². The Balaban J connectivity index is 1.43. The van der Waals surface area contributed by atoms with Crippen LogP contribution in [-0.2, 0) is 6.54 Å². The molecule has 4 rings (SSSR count). The van der Waals surface area contributed by atoms with Gasteiger partial charge in [-0.3, -0.25) is 15.2 Å². The van der Waals surface area contributed by atoms with E-state index in [1.807, 2.05) is 48.5 Å². The zero-order valence-electron chi connectivity index (χ0n) is 15.5. The molecule has 0 spiro atoms. The van der Waals surface area contributed by atoms with Gasteiger partial charge in [-0.1, -0.05) is 35.9 Å². The predicted octanol–water partition coefficient (Wildman–Crippen LogP) is 3.63. The first-order chi connectivity index (χ1) is 14.1. The number of anilines is 1. The first-order valence-corrected chi connectivity index (χ1v) is 9.13. The summed E-state index contributed by atoms with van der Waals surface area (Å²) < 4.78 is 6.84. The average molecular weight is 409 g/mol.